The van der Waals surface area contributed by atoms with E-state index in [2.05, 4.69) is 155 Å². The highest BCUT2D eigenvalue weighted by molar-refractivity contribution is 5.93. The van der Waals surface area contributed by atoms with E-state index in [0.717, 1.165) is 46.1 Å². The van der Waals surface area contributed by atoms with Gasteiger partial charge in [-0.05, 0) is 70.9 Å². The van der Waals surface area contributed by atoms with Crippen LogP contribution in [0.25, 0.3) is 57.1 Å². The van der Waals surface area contributed by atoms with Crippen LogP contribution >= 0.6 is 0 Å². The Kier molecular flexibility index (Phi) is 6.85. The number of nitrogens with one attached hydrogen (secondary N) is 1. The summed E-state index contributed by atoms with van der Waals surface area (Å²) in [4.78, 5) is 10.2. The number of benzene rings is 4. The summed E-state index contributed by atoms with van der Waals surface area (Å²) >= 11 is 0. The highest BCUT2D eigenvalue weighted by atomic mass is 15.1. The molecule has 4 heteroatoms. The number of nitrogens with zero attached hydrogens (tertiary/aromatic N) is 3. The van der Waals surface area contributed by atoms with Crippen LogP contribution in [0.15, 0.2) is 152 Å². The molecule has 4 heterocycles. The maximum Gasteiger partial charge on any atom is 0.138 e. The van der Waals surface area contributed by atoms with Crippen LogP contribution in [0.5, 0.6) is 0 Å². The zero-order chi connectivity index (χ0) is 30.0. The van der Waals surface area contributed by atoms with Crippen LogP contribution in [0.4, 0.5) is 0 Å². The summed E-state index contributed by atoms with van der Waals surface area (Å²) in [5.41, 5.74) is 12.0. The lowest BCUT2D eigenvalue weighted by molar-refractivity contribution is 0.795. The molecule has 4 aromatic carbocycles. The van der Waals surface area contributed by atoms with Crippen molar-refractivity contribution in [1.29, 1.82) is 0 Å². The van der Waals surface area contributed by atoms with Gasteiger partial charge in [-0.15, -0.1) is 0 Å². The van der Waals surface area contributed by atoms with Gasteiger partial charge in [0.2, 0.25) is 0 Å². The summed E-state index contributed by atoms with van der Waals surface area (Å²) in [5, 5.41) is 4.60. The second-order valence-electron chi connectivity index (χ2n) is 11.1. The van der Waals surface area contributed by atoms with Crippen molar-refractivity contribution >= 4 is 28.6 Å². The smallest absolute Gasteiger partial charge is 0.138 e. The van der Waals surface area contributed by atoms with Gasteiger partial charge in [-0.2, -0.15) is 0 Å². The lowest BCUT2D eigenvalue weighted by Gasteiger charge is -2.14. The SMILES string of the molecule is C1=Cc2c(n(-c3cccc(-c4cccc(-c5ccc(C=C(c6ccccc6)c6ccccc6)cc5)n4)n3)c3ccccc23)CN1. The molecule has 1 aliphatic rings. The average molecular weight is 579 g/mol. The minimum Gasteiger partial charge on any atom is -0.385 e. The van der Waals surface area contributed by atoms with Crippen molar-refractivity contribution < 1.29 is 0 Å². The van der Waals surface area contributed by atoms with E-state index in [1.807, 2.05) is 18.3 Å². The van der Waals surface area contributed by atoms with Crippen LogP contribution in [0.1, 0.15) is 27.9 Å². The number of pyridine rings is 2. The van der Waals surface area contributed by atoms with Crippen molar-refractivity contribution in [2.24, 2.45) is 0 Å². The molecule has 1 N–H and O–H groups in total. The first-order valence-electron chi connectivity index (χ1n) is 15.2. The van der Waals surface area contributed by atoms with Gasteiger partial charge in [-0.3, -0.25) is 4.57 Å². The van der Waals surface area contributed by atoms with E-state index in [1.165, 1.54) is 33.3 Å². The van der Waals surface area contributed by atoms with Gasteiger partial charge in [-0.25, -0.2) is 9.97 Å². The quantitative estimate of drug-likeness (QED) is 0.200. The maximum atomic E-state index is 5.12. The zero-order valence-electron chi connectivity index (χ0n) is 24.6. The van der Waals surface area contributed by atoms with Crippen LogP contribution in [0.2, 0.25) is 0 Å². The molecule has 0 aliphatic carbocycles. The van der Waals surface area contributed by atoms with Crippen molar-refractivity contribution in [3.05, 3.63) is 180 Å². The number of rotatable bonds is 6. The monoisotopic (exact) mass is 578 g/mol. The van der Waals surface area contributed by atoms with Gasteiger partial charge in [0.05, 0.1) is 34.8 Å². The molecule has 4 nitrogen and oxygen atoms in total. The minimum atomic E-state index is 0.754. The molecule has 0 bridgehead atoms. The molecule has 1 aliphatic heterocycles. The lowest BCUT2D eigenvalue weighted by Crippen LogP contribution is -2.14. The van der Waals surface area contributed by atoms with Gasteiger partial charge in [0, 0.05) is 16.5 Å². The third kappa shape index (κ3) is 5.13. The number of fused-ring (bicyclic) bond motifs is 3. The van der Waals surface area contributed by atoms with Crippen molar-refractivity contribution in [2.75, 3.05) is 0 Å². The van der Waals surface area contributed by atoms with Crippen molar-refractivity contribution in [3.63, 3.8) is 0 Å². The Bertz CT molecular complexity index is 2150. The molecule has 0 radical (unpaired) electrons. The fourth-order valence-electron chi connectivity index (χ4n) is 6.15. The van der Waals surface area contributed by atoms with Gasteiger partial charge in [0.15, 0.2) is 0 Å². The van der Waals surface area contributed by atoms with Crippen molar-refractivity contribution in [1.82, 2.24) is 19.9 Å². The van der Waals surface area contributed by atoms with Crippen LogP contribution in [-0.2, 0) is 6.54 Å². The van der Waals surface area contributed by atoms with Crippen LogP contribution in [-0.4, -0.2) is 14.5 Å². The normalized spacial score (nSPS) is 12.0. The van der Waals surface area contributed by atoms with Gasteiger partial charge in [-0.1, -0.05) is 115 Å². The van der Waals surface area contributed by atoms with Gasteiger partial charge < -0.3 is 5.32 Å². The third-order valence-electron chi connectivity index (χ3n) is 8.32. The zero-order valence-corrected chi connectivity index (χ0v) is 24.6. The first-order valence-corrected chi connectivity index (χ1v) is 15.2. The largest absolute Gasteiger partial charge is 0.385 e. The Hall–Kier alpha value is -6.00. The van der Waals surface area contributed by atoms with E-state index in [0.29, 0.717) is 0 Å². The van der Waals surface area contributed by atoms with Crippen LogP contribution in [0, 0.1) is 0 Å². The van der Waals surface area contributed by atoms with Crippen molar-refractivity contribution in [3.8, 4) is 28.5 Å². The summed E-state index contributed by atoms with van der Waals surface area (Å²) < 4.78 is 2.26. The lowest BCUT2D eigenvalue weighted by atomic mass is 9.95. The fourth-order valence-corrected chi connectivity index (χ4v) is 6.15. The molecule has 45 heavy (non-hydrogen) atoms. The summed E-state index contributed by atoms with van der Waals surface area (Å²) in [7, 11) is 0. The first-order chi connectivity index (χ1) is 22.3. The first kappa shape index (κ1) is 26.6. The van der Waals surface area contributed by atoms with Crippen LogP contribution in [0.3, 0.4) is 0 Å². The standard InChI is InChI=1S/C41H30N4/c1-3-11-30(12-4-1)35(31-13-5-2-6-14-31)27-29-21-23-32(24-22-29)36-16-9-17-37(43-36)38-18-10-20-41(44-38)45-39-19-8-7-15-33(39)34-25-26-42-28-40(34)45/h1-27,42H,28H2. The Balaban J connectivity index is 1.13. The molecular weight excluding hydrogens is 548 g/mol. The Morgan fingerprint density at radius 1 is 0.600 bits per heavy atom. The highest BCUT2D eigenvalue weighted by Gasteiger charge is 2.19. The molecule has 214 valence electrons. The second-order valence-corrected chi connectivity index (χ2v) is 11.1. The molecule has 0 saturated heterocycles. The summed E-state index contributed by atoms with van der Waals surface area (Å²) in [6.45, 7) is 0.754. The summed E-state index contributed by atoms with van der Waals surface area (Å²) in [5.74, 6) is 0.887. The molecule has 0 fully saturated rings. The van der Waals surface area contributed by atoms with Crippen molar-refractivity contribution in [2.45, 2.75) is 6.54 Å². The molecule has 7 aromatic rings. The molecule has 8 rings (SSSR count). The number of hydrogen-bond donors (Lipinski definition) is 1. The van der Waals surface area contributed by atoms with Gasteiger partial charge >= 0.3 is 0 Å². The van der Waals surface area contributed by atoms with E-state index < -0.39 is 0 Å². The van der Waals surface area contributed by atoms with E-state index in [-0.39, 0.29) is 0 Å². The van der Waals surface area contributed by atoms with E-state index in [4.69, 9.17) is 9.97 Å². The molecule has 3 aromatic heterocycles. The minimum absolute atomic E-state index is 0.754. The van der Waals surface area contributed by atoms with E-state index in [9.17, 15) is 0 Å². The van der Waals surface area contributed by atoms with E-state index in [1.54, 1.807) is 0 Å². The predicted octanol–water partition coefficient (Wildman–Crippen LogP) is 9.42. The van der Waals surface area contributed by atoms with Gasteiger partial charge in [0.1, 0.15) is 5.82 Å². The molecule has 0 spiro atoms. The fraction of sp³-hybridized carbons (Fsp3) is 0.0244. The second kappa shape index (κ2) is 11.6. The van der Waals surface area contributed by atoms with E-state index >= 15 is 0 Å². The predicted molar refractivity (Wildman–Crippen MR) is 185 cm³/mol. The number of aromatic nitrogens is 3. The van der Waals surface area contributed by atoms with Crippen LogP contribution < -0.4 is 5.32 Å². The third-order valence-corrected chi connectivity index (χ3v) is 8.32. The van der Waals surface area contributed by atoms with Gasteiger partial charge in [0.25, 0.3) is 0 Å². The number of para-hydroxylation sites is 1. The molecular formula is C41H30N4. The summed E-state index contributed by atoms with van der Waals surface area (Å²) in [6.07, 6.45) is 6.42. The highest BCUT2D eigenvalue weighted by Crippen LogP contribution is 2.33. The molecule has 0 saturated carbocycles. The Morgan fingerprint density at radius 3 is 2.00 bits per heavy atom. The molecule has 0 unspecified atom stereocenters. The Labute approximate surface area is 262 Å². The maximum absolute atomic E-state index is 5.12. The molecule has 0 amide bonds. The number of hydrogen-bond acceptors (Lipinski definition) is 3. The Morgan fingerprint density at radius 2 is 1.24 bits per heavy atom. The average Bonchev–Trinajstić information content (AvgIpc) is 3.46. The summed E-state index contributed by atoms with van der Waals surface area (Å²) in [6, 6.07) is 50.6. The topological polar surface area (TPSA) is 42.7 Å². The molecule has 0 atom stereocenters.